The average Bonchev–Trinajstić information content (AvgIpc) is 2.60. The number of ether oxygens (including phenoxy) is 1. The minimum Gasteiger partial charge on any atom is -0.466 e. The predicted molar refractivity (Wildman–Crippen MR) is 91.6 cm³/mol. The topological polar surface area (TPSA) is 68.3 Å². The summed E-state index contributed by atoms with van der Waals surface area (Å²) in [5.74, 6) is -0.506. The van der Waals surface area contributed by atoms with Crippen molar-refractivity contribution in [2.75, 3.05) is 6.61 Å². The molecule has 0 spiro atoms. The Morgan fingerprint density at radius 3 is 2.58 bits per heavy atom. The maximum absolute atomic E-state index is 12.7. The van der Waals surface area contributed by atoms with E-state index in [2.05, 4.69) is 10.3 Å². The van der Waals surface area contributed by atoms with Crippen molar-refractivity contribution in [3.05, 3.63) is 65.5 Å². The minimum atomic E-state index is -0.632. The highest BCUT2D eigenvalue weighted by atomic mass is 16.5. The summed E-state index contributed by atoms with van der Waals surface area (Å²) >= 11 is 0. The average molecular weight is 326 g/mol. The summed E-state index contributed by atoms with van der Waals surface area (Å²) in [6, 6.07) is 10.4. The first-order valence-corrected chi connectivity index (χ1v) is 7.99. The fourth-order valence-corrected chi connectivity index (χ4v) is 2.31. The number of esters is 1. The van der Waals surface area contributed by atoms with Crippen LogP contribution in [-0.2, 0) is 16.1 Å². The quantitative estimate of drug-likeness (QED) is 0.597. The molecule has 1 atom stereocenters. The molecule has 0 saturated carbocycles. The number of aromatic nitrogens is 1. The molecular formula is C19H22N2O3. The van der Waals surface area contributed by atoms with Crippen LogP contribution in [0.2, 0.25) is 0 Å². The van der Waals surface area contributed by atoms with Crippen molar-refractivity contribution in [2.45, 2.75) is 32.9 Å². The summed E-state index contributed by atoms with van der Waals surface area (Å²) in [6.07, 6.45) is 3.42. The molecule has 0 aliphatic carbocycles. The standard InChI is InChI=1S/C19H22N2O3/c1-3-24-18(22)11-17(21-13-15-5-4-10-20-12-15)19(23)16-8-6-14(2)7-9-16/h4-10,12,17,21H,3,11,13H2,1-2H3. The third-order valence-corrected chi connectivity index (χ3v) is 3.60. The van der Waals surface area contributed by atoms with Crippen LogP contribution in [0.4, 0.5) is 0 Å². The molecule has 1 unspecified atom stereocenters. The smallest absolute Gasteiger partial charge is 0.307 e. The van der Waals surface area contributed by atoms with Gasteiger partial charge in [0.05, 0.1) is 19.1 Å². The molecule has 2 rings (SSSR count). The monoisotopic (exact) mass is 326 g/mol. The zero-order chi connectivity index (χ0) is 17.4. The van der Waals surface area contributed by atoms with Crippen LogP contribution in [0.25, 0.3) is 0 Å². The lowest BCUT2D eigenvalue weighted by Crippen LogP contribution is -2.38. The molecule has 2 aromatic rings. The fourth-order valence-electron chi connectivity index (χ4n) is 2.31. The molecule has 0 saturated heterocycles. The molecule has 0 radical (unpaired) electrons. The SMILES string of the molecule is CCOC(=O)CC(NCc1cccnc1)C(=O)c1ccc(C)cc1. The largest absolute Gasteiger partial charge is 0.466 e. The number of Topliss-reactive ketones (excluding diaryl/α,β-unsaturated/α-hetero) is 1. The van der Waals surface area contributed by atoms with Crippen LogP contribution in [0, 0.1) is 6.92 Å². The number of pyridine rings is 1. The molecule has 1 heterocycles. The van der Waals surface area contributed by atoms with E-state index in [9.17, 15) is 9.59 Å². The molecule has 0 fully saturated rings. The number of nitrogens with zero attached hydrogens (tertiary/aromatic N) is 1. The highest BCUT2D eigenvalue weighted by molar-refractivity contribution is 6.01. The summed E-state index contributed by atoms with van der Waals surface area (Å²) in [7, 11) is 0. The molecule has 5 heteroatoms. The molecule has 5 nitrogen and oxygen atoms in total. The zero-order valence-corrected chi connectivity index (χ0v) is 14.0. The number of rotatable bonds is 8. The number of benzene rings is 1. The van der Waals surface area contributed by atoms with Gasteiger partial charge in [-0.3, -0.25) is 14.6 Å². The number of carbonyl (C=O) groups excluding carboxylic acids is 2. The number of hydrogen-bond acceptors (Lipinski definition) is 5. The predicted octanol–water partition coefficient (Wildman–Crippen LogP) is 2.68. The summed E-state index contributed by atoms with van der Waals surface area (Å²) in [4.78, 5) is 28.6. The molecule has 126 valence electrons. The molecule has 1 aromatic carbocycles. The van der Waals surface area contributed by atoms with E-state index in [0.29, 0.717) is 18.7 Å². The highest BCUT2D eigenvalue weighted by Crippen LogP contribution is 2.10. The normalized spacial score (nSPS) is 11.8. The van der Waals surface area contributed by atoms with Crippen LogP contribution in [0.3, 0.4) is 0 Å². The minimum absolute atomic E-state index is 0.000805. The van der Waals surface area contributed by atoms with Gasteiger partial charge in [-0.2, -0.15) is 0 Å². The molecule has 24 heavy (non-hydrogen) atoms. The molecular weight excluding hydrogens is 304 g/mol. The Hall–Kier alpha value is -2.53. The highest BCUT2D eigenvalue weighted by Gasteiger charge is 2.23. The Morgan fingerprint density at radius 2 is 1.96 bits per heavy atom. The van der Waals surface area contributed by atoms with Gasteiger partial charge in [-0.25, -0.2) is 0 Å². The van der Waals surface area contributed by atoms with Crippen LogP contribution >= 0.6 is 0 Å². The van der Waals surface area contributed by atoms with E-state index in [1.807, 2.05) is 31.2 Å². The molecule has 0 aliphatic rings. The van der Waals surface area contributed by atoms with E-state index in [1.165, 1.54) is 0 Å². The second-order valence-corrected chi connectivity index (χ2v) is 5.53. The van der Waals surface area contributed by atoms with Gasteiger partial charge in [0, 0.05) is 24.5 Å². The number of carbonyl (C=O) groups is 2. The lowest BCUT2D eigenvalue weighted by Gasteiger charge is -2.17. The van der Waals surface area contributed by atoms with E-state index in [1.54, 1.807) is 31.5 Å². The van der Waals surface area contributed by atoms with Crippen molar-refractivity contribution in [2.24, 2.45) is 0 Å². The summed E-state index contributed by atoms with van der Waals surface area (Å²) in [6.45, 7) is 4.46. The van der Waals surface area contributed by atoms with Crippen molar-refractivity contribution in [3.63, 3.8) is 0 Å². The van der Waals surface area contributed by atoms with Gasteiger partial charge in [0.1, 0.15) is 0 Å². The van der Waals surface area contributed by atoms with Crippen LogP contribution in [0.15, 0.2) is 48.8 Å². The summed E-state index contributed by atoms with van der Waals surface area (Å²) < 4.78 is 4.99. The molecule has 0 bridgehead atoms. The van der Waals surface area contributed by atoms with Crippen molar-refractivity contribution in [3.8, 4) is 0 Å². The first-order chi connectivity index (χ1) is 11.6. The third kappa shape index (κ3) is 5.28. The van der Waals surface area contributed by atoms with Crippen molar-refractivity contribution in [1.29, 1.82) is 0 Å². The Labute approximate surface area is 142 Å². The first-order valence-electron chi connectivity index (χ1n) is 7.99. The molecule has 0 aliphatic heterocycles. The maximum Gasteiger partial charge on any atom is 0.307 e. The Bertz CT molecular complexity index is 669. The zero-order valence-electron chi connectivity index (χ0n) is 14.0. The van der Waals surface area contributed by atoms with E-state index in [0.717, 1.165) is 11.1 Å². The lowest BCUT2D eigenvalue weighted by molar-refractivity contribution is -0.143. The Balaban J connectivity index is 2.10. The lowest BCUT2D eigenvalue weighted by atomic mass is 10.0. The van der Waals surface area contributed by atoms with Gasteiger partial charge < -0.3 is 10.1 Å². The van der Waals surface area contributed by atoms with Gasteiger partial charge >= 0.3 is 5.97 Å². The fraction of sp³-hybridized carbons (Fsp3) is 0.316. The first kappa shape index (κ1) is 17.8. The third-order valence-electron chi connectivity index (χ3n) is 3.60. The number of hydrogen-bond donors (Lipinski definition) is 1. The van der Waals surface area contributed by atoms with Gasteiger partial charge in [-0.1, -0.05) is 35.9 Å². The second-order valence-electron chi connectivity index (χ2n) is 5.53. The van der Waals surface area contributed by atoms with Gasteiger partial charge in [0.15, 0.2) is 5.78 Å². The van der Waals surface area contributed by atoms with Gasteiger partial charge in [0.2, 0.25) is 0 Å². The van der Waals surface area contributed by atoms with E-state index in [4.69, 9.17) is 4.74 Å². The van der Waals surface area contributed by atoms with Gasteiger partial charge in [-0.05, 0) is 25.5 Å². The summed E-state index contributed by atoms with van der Waals surface area (Å²) in [5.41, 5.74) is 2.61. The number of nitrogens with one attached hydrogen (secondary N) is 1. The maximum atomic E-state index is 12.7. The van der Waals surface area contributed by atoms with E-state index < -0.39 is 6.04 Å². The molecule has 1 N–H and O–H groups in total. The number of ketones is 1. The number of aryl methyl sites for hydroxylation is 1. The van der Waals surface area contributed by atoms with Gasteiger partial charge in [0.25, 0.3) is 0 Å². The van der Waals surface area contributed by atoms with Crippen molar-refractivity contribution < 1.29 is 14.3 Å². The molecule has 0 amide bonds. The second kappa shape index (κ2) is 8.93. The van der Waals surface area contributed by atoms with Crippen molar-refractivity contribution >= 4 is 11.8 Å². The van der Waals surface area contributed by atoms with Crippen LogP contribution in [0.5, 0.6) is 0 Å². The van der Waals surface area contributed by atoms with E-state index in [-0.39, 0.29) is 18.2 Å². The van der Waals surface area contributed by atoms with Crippen LogP contribution in [0.1, 0.15) is 34.8 Å². The van der Waals surface area contributed by atoms with Crippen LogP contribution < -0.4 is 5.32 Å². The Morgan fingerprint density at radius 1 is 1.21 bits per heavy atom. The van der Waals surface area contributed by atoms with E-state index >= 15 is 0 Å². The Kier molecular flexibility index (Phi) is 6.63. The van der Waals surface area contributed by atoms with Crippen LogP contribution in [-0.4, -0.2) is 29.4 Å². The van der Waals surface area contributed by atoms with Crippen molar-refractivity contribution in [1.82, 2.24) is 10.3 Å². The summed E-state index contributed by atoms with van der Waals surface area (Å²) in [5, 5.41) is 3.15. The van der Waals surface area contributed by atoms with Gasteiger partial charge in [-0.15, -0.1) is 0 Å². The molecule has 1 aromatic heterocycles.